The predicted molar refractivity (Wildman–Crippen MR) is 161 cm³/mol. The van der Waals surface area contributed by atoms with E-state index in [2.05, 4.69) is 45.6 Å². The van der Waals surface area contributed by atoms with E-state index in [0.29, 0.717) is 49.0 Å². The van der Waals surface area contributed by atoms with Gasteiger partial charge in [0, 0.05) is 67.8 Å². The third-order valence-electron chi connectivity index (χ3n) is 8.96. The summed E-state index contributed by atoms with van der Waals surface area (Å²) in [7, 11) is 2.10. The first-order valence-electron chi connectivity index (χ1n) is 15.5. The fourth-order valence-corrected chi connectivity index (χ4v) is 5.94. The van der Waals surface area contributed by atoms with Gasteiger partial charge in [-0.2, -0.15) is 0 Å². The van der Waals surface area contributed by atoms with E-state index >= 15 is 0 Å². The number of hydrogen-bond donors (Lipinski definition) is 1. The number of likely N-dealkylation sites (tertiary alicyclic amines) is 1. The molecule has 2 aliphatic heterocycles. The molecule has 1 saturated heterocycles. The summed E-state index contributed by atoms with van der Waals surface area (Å²) >= 11 is 0. The molecule has 0 radical (unpaired) electrons. The van der Waals surface area contributed by atoms with Crippen molar-refractivity contribution in [2.45, 2.75) is 95.1 Å². The molecule has 1 amide bonds. The summed E-state index contributed by atoms with van der Waals surface area (Å²) in [5.41, 5.74) is 3.13. The molecule has 4 heterocycles. The number of amides is 1. The van der Waals surface area contributed by atoms with Crippen LogP contribution in [0.3, 0.4) is 0 Å². The Morgan fingerprint density at radius 2 is 1.95 bits per heavy atom. The molecule has 6 rings (SSSR count). The Morgan fingerprint density at radius 1 is 1.12 bits per heavy atom. The van der Waals surface area contributed by atoms with Crippen molar-refractivity contribution < 1.29 is 18.8 Å². The quantitative estimate of drug-likeness (QED) is 0.262. The highest BCUT2D eigenvalue weighted by Gasteiger charge is 2.43. The van der Waals surface area contributed by atoms with Crippen LogP contribution in [-0.2, 0) is 14.4 Å². The Morgan fingerprint density at radius 3 is 2.74 bits per heavy atom. The number of oxime groups is 1. The molecule has 1 aromatic carbocycles. The normalized spacial score (nSPS) is 19.0. The van der Waals surface area contributed by atoms with E-state index in [1.54, 1.807) is 6.20 Å². The van der Waals surface area contributed by atoms with Crippen LogP contribution in [0.25, 0.3) is 22.2 Å². The van der Waals surface area contributed by atoms with Crippen LogP contribution in [0.5, 0.6) is 0 Å². The summed E-state index contributed by atoms with van der Waals surface area (Å²) < 4.78 is 6.27. The van der Waals surface area contributed by atoms with E-state index in [4.69, 9.17) is 14.2 Å². The number of ketones is 1. The zero-order chi connectivity index (χ0) is 29.1. The predicted octanol–water partition coefficient (Wildman–Crippen LogP) is 6.09. The number of Topliss-reactive ketones (excluding diaryl/α,β-unsaturated/α-hetero) is 1. The zero-order valence-electron chi connectivity index (χ0n) is 24.7. The van der Waals surface area contributed by atoms with Crippen molar-refractivity contribution in [3.05, 3.63) is 48.1 Å². The summed E-state index contributed by atoms with van der Waals surface area (Å²) in [5.74, 6) is 1.78. The summed E-state index contributed by atoms with van der Waals surface area (Å²) in [6.45, 7) is 3.76. The smallest absolute Gasteiger partial charge is 0.269 e. The van der Waals surface area contributed by atoms with Crippen LogP contribution in [-0.4, -0.2) is 58.0 Å². The van der Waals surface area contributed by atoms with Gasteiger partial charge >= 0.3 is 0 Å². The van der Waals surface area contributed by atoms with Crippen molar-refractivity contribution in [1.82, 2.24) is 20.2 Å². The molecule has 1 saturated carbocycles. The minimum Gasteiger partial charge on any atom is -0.438 e. The van der Waals surface area contributed by atoms with Gasteiger partial charge in [0.25, 0.3) is 5.91 Å². The van der Waals surface area contributed by atoms with Crippen LogP contribution < -0.4 is 5.32 Å². The first kappa shape index (κ1) is 28.5. The van der Waals surface area contributed by atoms with Crippen molar-refractivity contribution in [3.63, 3.8) is 0 Å². The lowest BCUT2D eigenvalue weighted by molar-refractivity contribution is -0.119. The van der Waals surface area contributed by atoms with Crippen molar-refractivity contribution in [2.24, 2.45) is 5.16 Å². The number of benzene rings is 1. The van der Waals surface area contributed by atoms with Crippen molar-refractivity contribution in [1.29, 1.82) is 0 Å². The third kappa shape index (κ3) is 6.56. The first-order valence-corrected chi connectivity index (χ1v) is 15.5. The largest absolute Gasteiger partial charge is 0.438 e. The van der Waals surface area contributed by atoms with E-state index in [0.717, 1.165) is 61.7 Å². The molecule has 42 heavy (non-hydrogen) atoms. The van der Waals surface area contributed by atoms with Crippen LogP contribution >= 0.6 is 0 Å². The minimum absolute atomic E-state index is 0.236. The summed E-state index contributed by atoms with van der Waals surface area (Å²) in [6, 6.07) is 9.97. The maximum Gasteiger partial charge on any atom is 0.269 e. The second-order valence-corrected chi connectivity index (χ2v) is 12.3. The highest BCUT2D eigenvalue weighted by Crippen LogP contribution is 2.40. The van der Waals surface area contributed by atoms with Crippen LogP contribution in [0.1, 0.15) is 101 Å². The molecule has 9 nitrogen and oxygen atoms in total. The van der Waals surface area contributed by atoms with E-state index in [9.17, 15) is 9.59 Å². The van der Waals surface area contributed by atoms with Gasteiger partial charge in [0.15, 0.2) is 5.76 Å². The van der Waals surface area contributed by atoms with Gasteiger partial charge in [0.05, 0.1) is 11.7 Å². The SMILES string of the molecule is CCC(=O)CCCCC[C@H](NC(=O)C1=NOC2(CCN(C)CC2)C1)c1ncc(-c2ccc3nc(C4CC4)ccc3c2)o1. The van der Waals surface area contributed by atoms with Crippen molar-refractivity contribution in [2.75, 3.05) is 20.1 Å². The fourth-order valence-electron chi connectivity index (χ4n) is 5.94. The molecule has 1 spiro atoms. The summed E-state index contributed by atoms with van der Waals surface area (Å²) in [6.07, 6.45) is 10.8. The molecule has 1 N–H and O–H groups in total. The van der Waals surface area contributed by atoms with Crippen molar-refractivity contribution >= 4 is 28.3 Å². The molecule has 0 unspecified atom stereocenters. The van der Waals surface area contributed by atoms with Gasteiger partial charge in [-0.15, -0.1) is 0 Å². The average Bonchev–Trinajstić information content (AvgIpc) is 3.60. The van der Waals surface area contributed by atoms with Crippen LogP contribution in [0, 0.1) is 0 Å². The average molecular weight is 572 g/mol. The Labute approximate surface area is 247 Å². The number of pyridine rings is 1. The van der Waals surface area contributed by atoms with Gasteiger partial charge < -0.3 is 19.5 Å². The molecular formula is C33H41N5O4. The van der Waals surface area contributed by atoms with Crippen molar-refractivity contribution in [3.8, 4) is 11.3 Å². The van der Waals surface area contributed by atoms with Gasteiger partial charge in [-0.05, 0) is 57.0 Å². The van der Waals surface area contributed by atoms with Crippen LogP contribution in [0.2, 0.25) is 0 Å². The Kier molecular flexibility index (Phi) is 8.38. The van der Waals surface area contributed by atoms with Crippen LogP contribution in [0.15, 0.2) is 46.1 Å². The lowest BCUT2D eigenvalue weighted by Gasteiger charge is -2.35. The maximum absolute atomic E-state index is 13.4. The maximum atomic E-state index is 13.4. The second-order valence-electron chi connectivity index (χ2n) is 12.3. The third-order valence-corrected chi connectivity index (χ3v) is 8.96. The summed E-state index contributed by atoms with van der Waals surface area (Å²) in [4.78, 5) is 42.7. The number of fused-ring (bicyclic) bond motifs is 1. The molecule has 0 bridgehead atoms. The zero-order valence-corrected chi connectivity index (χ0v) is 24.7. The number of rotatable bonds is 12. The molecule has 2 aromatic heterocycles. The second kappa shape index (κ2) is 12.3. The van der Waals surface area contributed by atoms with E-state index < -0.39 is 6.04 Å². The number of carbonyl (C=O) groups is 2. The Balaban J connectivity index is 1.15. The fraction of sp³-hybridized carbons (Fsp3) is 0.545. The topological polar surface area (TPSA) is 110 Å². The number of unbranched alkanes of at least 4 members (excludes halogenated alkanes) is 2. The molecule has 1 aliphatic carbocycles. The molecule has 1 atom stereocenters. The van der Waals surface area contributed by atoms with E-state index in [-0.39, 0.29) is 17.3 Å². The number of nitrogens with one attached hydrogen (secondary N) is 1. The molecule has 3 aromatic rings. The number of aromatic nitrogens is 2. The summed E-state index contributed by atoms with van der Waals surface area (Å²) in [5, 5.41) is 8.42. The molecule has 222 valence electrons. The van der Waals surface area contributed by atoms with Gasteiger partial charge in [-0.3, -0.25) is 14.6 Å². The van der Waals surface area contributed by atoms with Gasteiger partial charge in [0.1, 0.15) is 23.1 Å². The number of carbonyl (C=O) groups excluding carboxylic acids is 2. The van der Waals surface area contributed by atoms with Crippen LogP contribution in [0.4, 0.5) is 0 Å². The Hall–Kier alpha value is -3.59. The number of hydrogen-bond acceptors (Lipinski definition) is 8. The highest BCUT2D eigenvalue weighted by atomic mass is 16.7. The lowest BCUT2D eigenvalue weighted by Crippen LogP contribution is -2.44. The molecule has 2 fully saturated rings. The molecule has 3 aliphatic rings. The number of nitrogens with zero attached hydrogens (tertiary/aromatic N) is 4. The van der Waals surface area contributed by atoms with E-state index in [1.807, 2.05) is 19.1 Å². The van der Waals surface area contributed by atoms with Gasteiger partial charge in [0.2, 0.25) is 5.89 Å². The monoisotopic (exact) mass is 571 g/mol. The Bertz CT molecular complexity index is 1470. The standard InChI is InChI=1S/C33H41N5O4/c1-3-25(39)7-5-4-6-8-28(36-31(40)29-20-33(42-37-29)15-17-38(2)18-16-33)32-34-21-30(41-32)24-12-14-27-23(19-24)11-13-26(35-27)22-9-10-22/h11-14,19,21-22,28H,3-10,15-18,20H2,1-2H3,(H,36,40)/t28-/m0/s1. The lowest BCUT2D eigenvalue weighted by atomic mass is 9.87. The first-order chi connectivity index (χ1) is 20.4. The highest BCUT2D eigenvalue weighted by molar-refractivity contribution is 6.39. The van der Waals surface area contributed by atoms with Gasteiger partial charge in [-0.25, -0.2) is 4.98 Å². The number of oxazole rings is 1. The van der Waals surface area contributed by atoms with Gasteiger partial charge in [-0.1, -0.05) is 31.0 Å². The molecular weight excluding hydrogens is 530 g/mol. The molecule has 9 heteroatoms. The minimum atomic E-state index is -0.409. The number of piperidine rings is 1. The van der Waals surface area contributed by atoms with E-state index in [1.165, 1.54) is 18.5 Å².